The Morgan fingerprint density at radius 2 is 2.36 bits per heavy atom. The SMILES string of the molecule is CCN(CCO)C(=O)C1COCCO1. The van der Waals surface area contributed by atoms with Gasteiger partial charge in [-0.1, -0.05) is 0 Å². The summed E-state index contributed by atoms with van der Waals surface area (Å²) in [6.45, 7) is 4.13. The van der Waals surface area contributed by atoms with E-state index in [1.54, 1.807) is 4.90 Å². The molecule has 1 fully saturated rings. The maximum Gasteiger partial charge on any atom is 0.254 e. The molecule has 82 valence electrons. The summed E-state index contributed by atoms with van der Waals surface area (Å²) in [6.07, 6.45) is -0.491. The van der Waals surface area contributed by atoms with Gasteiger partial charge in [-0.3, -0.25) is 4.79 Å². The Kier molecular flexibility index (Phi) is 4.86. The topological polar surface area (TPSA) is 59.0 Å². The van der Waals surface area contributed by atoms with E-state index < -0.39 is 6.10 Å². The van der Waals surface area contributed by atoms with Crippen LogP contribution in [0.5, 0.6) is 0 Å². The average molecular weight is 203 g/mol. The molecule has 1 atom stereocenters. The molecule has 0 aromatic heterocycles. The molecule has 0 bridgehead atoms. The third-order valence-electron chi connectivity index (χ3n) is 2.15. The number of ether oxygens (including phenoxy) is 2. The molecule has 1 aliphatic rings. The molecule has 5 heteroatoms. The van der Waals surface area contributed by atoms with Gasteiger partial charge in [-0.2, -0.15) is 0 Å². The number of likely N-dealkylation sites (N-methyl/N-ethyl adjacent to an activating group) is 1. The van der Waals surface area contributed by atoms with Gasteiger partial charge in [-0.05, 0) is 6.92 Å². The van der Waals surface area contributed by atoms with Crippen molar-refractivity contribution >= 4 is 5.91 Å². The lowest BCUT2D eigenvalue weighted by molar-refractivity contribution is -0.158. The van der Waals surface area contributed by atoms with Gasteiger partial charge >= 0.3 is 0 Å². The highest BCUT2D eigenvalue weighted by Crippen LogP contribution is 2.05. The normalized spacial score (nSPS) is 22.0. The van der Waals surface area contributed by atoms with Crippen molar-refractivity contribution < 1.29 is 19.4 Å². The van der Waals surface area contributed by atoms with E-state index in [4.69, 9.17) is 14.6 Å². The Labute approximate surface area is 83.6 Å². The quantitative estimate of drug-likeness (QED) is 0.652. The van der Waals surface area contributed by atoms with Gasteiger partial charge < -0.3 is 19.5 Å². The molecule has 1 unspecified atom stereocenters. The van der Waals surface area contributed by atoms with Crippen LogP contribution in [-0.2, 0) is 14.3 Å². The van der Waals surface area contributed by atoms with Crippen LogP contribution < -0.4 is 0 Å². The highest BCUT2D eigenvalue weighted by atomic mass is 16.6. The lowest BCUT2D eigenvalue weighted by Gasteiger charge is -2.28. The van der Waals surface area contributed by atoms with Gasteiger partial charge in [0.1, 0.15) is 0 Å². The standard InChI is InChI=1S/C9H17NO4/c1-2-10(3-4-11)9(12)8-7-13-5-6-14-8/h8,11H,2-7H2,1H3. The number of hydrogen-bond acceptors (Lipinski definition) is 4. The fraction of sp³-hybridized carbons (Fsp3) is 0.889. The van der Waals surface area contributed by atoms with Crippen molar-refractivity contribution in [3.05, 3.63) is 0 Å². The maximum atomic E-state index is 11.7. The number of carbonyl (C=O) groups is 1. The van der Waals surface area contributed by atoms with Gasteiger partial charge in [0.05, 0.1) is 26.4 Å². The molecule has 0 aromatic rings. The van der Waals surface area contributed by atoms with Gasteiger partial charge in [0.2, 0.25) is 0 Å². The van der Waals surface area contributed by atoms with Gasteiger partial charge in [0.25, 0.3) is 5.91 Å². The van der Waals surface area contributed by atoms with Gasteiger partial charge in [0, 0.05) is 13.1 Å². The minimum atomic E-state index is -0.491. The number of amides is 1. The molecule has 0 saturated carbocycles. The molecular formula is C9H17NO4. The van der Waals surface area contributed by atoms with E-state index in [0.29, 0.717) is 32.9 Å². The first-order valence-electron chi connectivity index (χ1n) is 4.88. The van der Waals surface area contributed by atoms with E-state index in [-0.39, 0.29) is 12.5 Å². The average Bonchev–Trinajstić information content (AvgIpc) is 2.26. The van der Waals surface area contributed by atoms with Crippen molar-refractivity contribution in [1.82, 2.24) is 4.90 Å². The number of nitrogens with zero attached hydrogens (tertiary/aromatic N) is 1. The molecule has 1 aliphatic heterocycles. The molecule has 1 amide bonds. The maximum absolute atomic E-state index is 11.7. The Balaban J connectivity index is 2.43. The third kappa shape index (κ3) is 2.94. The molecule has 0 aliphatic carbocycles. The number of carbonyl (C=O) groups excluding carboxylic acids is 1. The first-order valence-corrected chi connectivity index (χ1v) is 4.88. The monoisotopic (exact) mass is 203 g/mol. The Morgan fingerprint density at radius 3 is 2.86 bits per heavy atom. The van der Waals surface area contributed by atoms with Crippen LogP contribution >= 0.6 is 0 Å². The first-order chi connectivity index (χ1) is 6.79. The van der Waals surface area contributed by atoms with E-state index in [1.165, 1.54) is 0 Å². The predicted molar refractivity (Wildman–Crippen MR) is 49.9 cm³/mol. The van der Waals surface area contributed by atoms with Crippen LogP contribution in [0.3, 0.4) is 0 Å². The molecule has 5 nitrogen and oxygen atoms in total. The highest BCUT2D eigenvalue weighted by molar-refractivity contribution is 5.81. The number of aliphatic hydroxyl groups excluding tert-OH is 1. The summed E-state index contributed by atoms with van der Waals surface area (Å²) >= 11 is 0. The number of rotatable bonds is 4. The summed E-state index contributed by atoms with van der Waals surface area (Å²) in [6, 6.07) is 0. The highest BCUT2D eigenvalue weighted by Gasteiger charge is 2.26. The van der Waals surface area contributed by atoms with Crippen LogP contribution in [0.2, 0.25) is 0 Å². The van der Waals surface area contributed by atoms with Crippen molar-refractivity contribution in [2.24, 2.45) is 0 Å². The van der Waals surface area contributed by atoms with Gasteiger partial charge in [-0.15, -0.1) is 0 Å². The number of aliphatic hydroxyl groups is 1. The van der Waals surface area contributed by atoms with Crippen LogP contribution in [0.4, 0.5) is 0 Å². The van der Waals surface area contributed by atoms with Gasteiger partial charge in [-0.25, -0.2) is 0 Å². The van der Waals surface area contributed by atoms with E-state index in [0.717, 1.165) is 0 Å². The third-order valence-corrected chi connectivity index (χ3v) is 2.15. The van der Waals surface area contributed by atoms with E-state index in [9.17, 15) is 4.79 Å². The van der Waals surface area contributed by atoms with Crippen molar-refractivity contribution in [1.29, 1.82) is 0 Å². The largest absolute Gasteiger partial charge is 0.395 e. The van der Waals surface area contributed by atoms with Crippen LogP contribution in [0.25, 0.3) is 0 Å². The summed E-state index contributed by atoms with van der Waals surface area (Å²) in [7, 11) is 0. The van der Waals surface area contributed by atoms with E-state index >= 15 is 0 Å². The second-order valence-electron chi connectivity index (χ2n) is 3.08. The van der Waals surface area contributed by atoms with Crippen molar-refractivity contribution in [2.75, 3.05) is 39.5 Å². The Hall–Kier alpha value is -0.650. The van der Waals surface area contributed by atoms with Crippen LogP contribution in [-0.4, -0.2) is 61.5 Å². The molecule has 14 heavy (non-hydrogen) atoms. The van der Waals surface area contributed by atoms with Gasteiger partial charge in [0.15, 0.2) is 6.10 Å². The fourth-order valence-corrected chi connectivity index (χ4v) is 1.38. The zero-order valence-corrected chi connectivity index (χ0v) is 8.44. The Morgan fingerprint density at radius 1 is 1.57 bits per heavy atom. The lowest BCUT2D eigenvalue weighted by atomic mass is 10.3. The summed E-state index contributed by atoms with van der Waals surface area (Å²) in [5.74, 6) is -0.0961. The molecule has 1 N–H and O–H groups in total. The summed E-state index contributed by atoms with van der Waals surface area (Å²) in [5, 5.41) is 8.75. The molecule has 1 saturated heterocycles. The molecule has 0 radical (unpaired) electrons. The van der Waals surface area contributed by atoms with Crippen LogP contribution in [0.15, 0.2) is 0 Å². The molecule has 1 heterocycles. The Bertz CT molecular complexity index is 173. The van der Waals surface area contributed by atoms with E-state index in [2.05, 4.69) is 0 Å². The fourth-order valence-electron chi connectivity index (χ4n) is 1.38. The summed E-state index contributed by atoms with van der Waals surface area (Å²) < 4.78 is 10.4. The number of hydrogen-bond donors (Lipinski definition) is 1. The molecule has 0 spiro atoms. The first kappa shape index (κ1) is 11.4. The second-order valence-corrected chi connectivity index (χ2v) is 3.08. The molecule has 1 rings (SSSR count). The van der Waals surface area contributed by atoms with E-state index in [1.807, 2.05) is 6.92 Å². The van der Waals surface area contributed by atoms with Crippen molar-refractivity contribution in [3.63, 3.8) is 0 Å². The van der Waals surface area contributed by atoms with Crippen LogP contribution in [0.1, 0.15) is 6.92 Å². The lowest BCUT2D eigenvalue weighted by Crippen LogP contribution is -2.46. The zero-order chi connectivity index (χ0) is 10.4. The summed E-state index contributed by atoms with van der Waals surface area (Å²) in [4.78, 5) is 13.3. The molecule has 0 aromatic carbocycles. The predicted octanol–water partition coefficient (Wildman–Crippen LogP) is -0.757. The zero-order valence-electron chi connectivity index (χ0n) is 8.44. The minimum Gasteiger partial charge on any atom is -0.395 e. The molecular weight excluding hydrogens is 186 g/mol. The van der Waals surface area contributed by atoms with Crippen molar-refractivity contribution in [2.45, 2.75) is 13.0 Å². The second kappa shape index (κ2) is 5.95. The smallest absolute Gasteiger partial charge is 0.254 e. The minimum absolute atomic E-state index is 0.0207. The van der Waals surface area contributed by atoms with Crippen molar-refractivity contribution in [3.8, 4) is 0 Å². The summed E-state index contributed by atoms with van der Waals surface area (Å²) in [5.41, 5.74) is 0. The van der Waals surface area contributed by atoms with Crippen LogP contribution in [0, 0.1) is 0 Å².